The second kappa shape index (κ2) is 2.79. The van der Waals surface area contributed by atoms with Crippen molar-refractivity contribution >= 4 is 0 Å². The minimum atomic E-state index is -0.906. The zero-order valence-corrected chi connectivity index (χ0v) is 5.10. The monoisotopic (exact) mass is 128 g/mol. The Bertz CT molecular complexity index is 130. The molecule has 1 rings (SSSR count). The molecule has 0 aromatic carbocycles. The molecular formula is C6H9FN2. The molecular weight excluding hydrogens is 119 g/mol. The predicted molar refractivity (Wildman–Crippen MR) is 31.5 cm³/mol. The van der Waals surface area contributed by atoms with Gasteiger partial charge in [0.1, 0.15) is 6.17 Å². The molecule has 0 aromatic rings. The fraction of sp³-hybridized carbons (Fsp3) is 0.833. The summed E-state index contributed by atoms with van der Waals surface area (Å²) in [6.07, 6.45) is -0.422. The summed E-state index contributed by atoms with van der Waals surface area (Å²) in [5, 5.41) is 11.3. The van der Waals surface area contributed by atoms with Crippen molar-refractivity contribution in [2.45, 2.75) is 12.6 Å². The van der Waals surface area contributed by atoms with E-state index < -0.39 is 12.1 Å². The van der Waals surface area contributed by atoms with Crippen LogP contribution in [-0.4, -0.2) is 19.3 Å². The highest BCUT2D eigenvalue weighted by Gasteiger charge is 2.23. The minimum absolute atomic E-state index is 0.418. The Morgan fingerprint density at radius 2 is 2.44 bits per heavy atom. The molecule has 1 aliphatic rings. The minimum Gasteiger partial charge on any atom is -0.315 e. The highest BCUT2D eigenvalue weighted by atomic mass is 19.1. The lowest BCUT2D eigenvalue weighted by Crippen LogP contribution is -2.36. The van der Waals surface area contributed by atoms with Crippen molar-refractivity contribution in [2.24, 2.45) is 5.92 Å². The molecule has 1 heterocycles. The van der Waals surface area contributed by atoms with Crippen LogP contribution in [0.4, 0.5) is 4.39 Å². The third-order valence-electron chi connectivity index (χ3n) is 1.56. The fourth-order valence-electron chi connectivity index (χ4n) is 0.953. The SMILES string of the molecule is N#C[C@@H]1CNCC[C@H]1F. The summed E-state index contributed by atoms with van der Waals surface area (Å²) >= 11 is 0. The van der Waals surface area contributed by atoms with Gasteiger partial charge in [-0.1, -0.05) is 0 Å². The molecule has 1 fully saturated rings. The largest absolute Gasteiger partial charge is 0.315 e. The first kappa shape index (κ1) is 6.50. The standard InChI is InChI=1S/C6H9FN2/c7-6-1-2-9-4-5(6)3-8/h5-6,9H,1-2,4H2/t5-,6-/m1/s1. The zero-order chi connectivity index (χ0) is 6.69. The molecule has 0 aromatic heterocycles. The maximum Gasteiger partial charge on any atom is 0.118 e. The van der Waals surface area contributed by atoms with Crippen molar-refractivity contribution in [2.75, 3.05) is 13.1 Å². The number of rotatable bonds is 0. The van der Waals surface area contributed by atoms with E-state index in [1.807, 2.05) is 6.07 Å². The van der Waals surface area contributed by atoms with Crippen molar-refractivity contribution < 1.29 is 4.39 Å². The lowest BCUT2D eigenvalue weighted by atomic mass is 9.99. The summed E-state index contributed by atoms with van der Waals surface area (Å²) in [6, 6.07) is 1.92. The lowest BCUT2D eigenvalue weighted by Gasteiger charge is -2.20. The summed E-state index contributed by atoms with van der Waals surface area (Å²) in [5.41, 5.74) is 0. The molecule has 0 aliphatic carbocycles. The van der Waals surface area contributed by atoms with Gasteiger partial charge in [0, 0.05) is 6.54 Å². The van der Waals surface area contributed by atoms with Crippen molar-refractivity contribution in [3.63, 3.8) is 0 Å². The van der Waals surface area contributed by atoms with Crippen molar-refractivity contribution in [1.29, 1.82) is 5.26 Å². The highest BCUT2D eigenvalue weighted by molar-refractivity contribution is 4.92. The summed E-state index contributed by atoms with van der Waals surface area (Å²) in [6.45, 7) is 1.22. The Morgan fingerprint density at radius 3 is 2.89 bits per heavy atom. The van der Waals surface area contributed by atoms with Gasteiger partial charge in [0.2, 0.25) is 0 Å². The number of alkyl halides is 1. The van der Waals surface area contributed by atoms with Crippen LogP contribution in [0.5, 0.6) is 0 Å². The molecule has 0 radical (unpaired) electrons. The van der Waals surface area contributed by atoms with Crippen LogP contribution in [-0.2, 0) is 0 Å². The average Bonchev–Trinajstić information content (AvgIpc) is 1.89. The van der Waals surface area contributed by atoms with E-state index in [-0.39, 0.29) is 0 Å². The molecule has 2 nitrogen and oxygen atoms in total. The summed E-state index contributed by atoms with van der Waals surface area (Å²) < 4.78 is 12.6. The molecule has 1 aliphatic heterocycles. The summed E-state index contributed by atoms with van der Waals surface area (Å²) in [5.74, 6) is -0.418. The van der Waals surface area contributed by atoms with Crippen LogP contribution in [0, 0.1) is 17.2 Å². The normalized spacial score (nSPS) is 35.6. The molecule has 1 saturated heterocycles. The van der Waals surface area contributed by atoms with Gasteiger partial charge in [-0.3, -0.25) is 0 Å². The first-order valence-corrected chi connectivity index (χ1v) is 3.09. The lowest BCUT2D eigenvalue weighted by molar-refractivity contribution is 0.216. The smallest absolute Gasteiger partial charge is 0.118 e. The van der Waals surface area contributed by atoms with Crippen LogP contribution >= 0.6 is 0 Å². The van der Waals surface area contributed by atoms with E-state index in [4.69, 9.17) is 5.26 Å². The fourth-order valence-corrected chi connectivity index (χ4v) is 0.953. The molecule has 1 N–H and O–H groups in total. The molecule has 50 valence electrons. The van der Waals surface area contributed by atoms with Crippen molar-refractivity contribution in [1.82, 2.24) is 5.32 Å². The second-order valence-corrected chi connectivity index (χ2v) is 2.24. The first-order valence-electron chi connectivity index (χ1n) is 3.09. The number of hydrogen-bond donors (Lipinski definition) is 1. The van der Waals surface area contributed by atoms with Crippen LogP contribution in [0.1, 0.15) is 6.42 Å². The zero-order valence-electron chi connectivity index (χ0n) is 5.10. The number of hydrogen-bond acceptors (Lipinski definition) is 2. The van der Waals surface area contributed by atoms with Gasteiger partial charge in [0.25, 0.3) is 0 Å². The quantitative estimate of drug-likeness (QED) is 0.514. The molecule has 0 amide bonds. The van der Waals surface area contributed by atoms with Gasteiger partial charge in [-0.2, -0.15) is 5.26 Å². The first-order chi connectivity index (χ1) is 4.34. The average molecular weight is 128 g/mol. The maximum absolute atomic E-state index is 12.6. The molecule has 0 saturated carbocycles. The molecule has 0 unspecified atom stereocenters. The molecule has 0 spiro atoms. The molecule has 0 bridgehead atoms. The Morgan fingerprint density at radius 1 is 1.67 bits per heavy atom. The topological polar surface area (TPSA) is 35.8 Å². The number of nitriles is 1. The van der Waals surface area contributed by atoms with Crippen LogP contribution in [0.15, 0.2) is 0 Å². The van der Waals surface area contributed by atoms with Crippen molar-refractivity contribution in [3.05, 3.63) is 0 Å². The number of piperidine rings is 1. The van der Waals surface area contributed by atoms with Gasteiger partial charge in [0.15, 0.2) is 0 Å². The van der Waals surface area contributed by atoms with Crippen LogP contribution in [0.2, 0.25) is 0 Å². The van der Waals surface area contributed by atoms with E-state index in [2.05, 4.69) is 5.32 Å². The van der Waals surface area contributed by atoms with Crippen LogP contribution in [0.25, 0.3) is 0 Å². The van der Waals surface area contributed by atoms with Gasteiger partial charge in [-0.05, 0) is 13.0 Å². The van der Waals surface area contributed by atoms with E-state index in [1.54, 1.807) is 0 Å². The Kier molecular flexibility index (Phi) is 2.01. The third-order valence-corrected chi connectivity index (χ3v) is 1.56. The van der Waals surface area contributed by atoms with Gasteiger partial charge >= 0.3 is 0 Å². The van der Waals surface area contributed by atoms with Crippen LogP contribution < -0.4 is 5.32 Å². The molecule has 2 atom stereocenters. The Balaban J connectivity index is 2.41. The van der Waals surface area contributed by atoms with Crippen LogP contribution in [0.3, 0.4) is 0 Å². The van der Waals surface area contributed by atoms with Gasteiger partial charge in [0.05, 0.1) is 12.0 Å². The van der Waals surface area contributed by atoms with Gasteiger partial charge in [-0.25, -0.2) is 4.39 Å². The summed E-state index contributed by atoms with van der Waals surface area (Å²) in [4.78, 5) is 0. The third kappa shape index (κ3) is 1.39. The Labute approximate surface area is 53.7 Å². The summed E-state index contributed by atoms with van der Waals surface area (Å²) in [7, 11) is 0. The highest BCUT2D eigenvalue weighted by Crippen LogP contribution is 2.13. The maximum atomic E-state index is 12.6. The Hall–Kier alpha value is -0.620. The van der Waals surface area contributed by atoms with E-state index in [1.165, 1.54) is 0 Å². The van der Waals surface area contributed by atoms with E-state index in [0.29, 0.717) is 19.5 Å². The van der Waals surface area contributed by atoms with Crippen molar-refractivity contribution in [3.8, 4) is 6.07 Å². The van der Waals surface area contributed by atoms with Gasteiger partial charge in [-0.15, -0.1) is 0 Å². The molecule has 3 heteroatoms. The molecule has 9 heavy (non-hydrogen) atoms. The number of halogens is 1. The van der Waals surface area contributed by atoms with Gasteiger partial charge < -0.3 is 5.32 Å². The van der Waals surface area contributed by atoms with E-state index >= 15 is 0 Å². The predicted octanol–water partition coefficient (Wildman–Crippen LogP) is 0.458. The van der Waals surface area contributed by atoms with E-state index in [0.717, 1.165) is 0 Å². The second-order valence-electron chi connectivity index (χ2n) is 2.24. The number of nitrogens with zero attached hydrogens (tertiary/aromatic N) is 1. The van der Waals surface area contributed by atoms with E-state index in [9.17, 15) is 4.39 Å². The number of nitrogens with one attached hydrogen (secondary N) is 1.